The SMILES string of the molecule is CCCNC(=O)[C@H](CC)N(Cc1ccc(C)cc1)C(=O)CN(c1cccc(OC)c1)S(=O)(=O)c1ccccc1. The van der Waals surface area contributed by atoms with Gasteiger partial charge in [-0.25, -0.2) is 8.42 Å². The molecule has 3 rings (SSSR count). The molecule has 0 aliphatic carbocycles. The first-order chi connectivity index (χ1) is 18.7. The molecule has 2 amide bonds. The molecule has 0 aliphatic heterocycles. The number of nitrogens with zero attached hydrogens (tertiary/aromatic N) is 2. The van der Waals surface area contributed by atoms with Gasteiger partial charge >= 0.3 is 0 Å². The van der Waals surface area contributed by atoms with Gasteiger partial charge in [0.05, 0.1) is 17.7 Å². The Morgan fingerprint density at radius 1 is 0.949 bits per heavy atom. The average Bonchev–Trinajstić information content (AvgIpc) is 2.95. The molecule has 0 aliphatic rings. The monoisotopic (exact) mass is 551 g/mol. The number of aryl methyl sites for hydroxylation is 1. The molecule has 0 heterocycles. The summed E-state index contributed by atoms with van der Waals surface area (Å²) < 4.78 is 34.1. The highest BCUT2D eigenvalue weighted by molar-refractivity contribution is 7.92. The van der Waals surface area contributed by atoms with Crippen molar-refractivity contribution in [1.82, 2.24) is 10.2 Å². The lowest BCUT2D eigenvalue weighted by Crippen LogP contribution is -2.52. The number of anilines is 1. The van der Waals surface area contributed by atoms with Gasteiger partial charge in [-0.05, 0) is 49.6 Å². The lowest BCUT2D eigenvalue weighted by molar-refractivity contribution is -0.140. The van der Waals surface area contributed by atoms with E-state index in [-0.39, 0.29) is 23.0 Å². The van der Waals surface area contributed by atoms with Gasteiger partial charge in [-0.2, -0.15) is 0 Å². The van der Waals surface area contributed by atoms with Crippen LogP contribution in [-0.4, -0.2) is 51.4 Å². The van der Waals surface area contributed by atoms with E-state index in [0.717, 1.165) is 21.9 Å². The fraction of sp³-hybridized carbons (Fsp3) is 0.333. The number of hydrogen-bond donors (Lipinski definition) is 1. The third-order valence-electron chi connectivity index (χ3n) is 6.36. The topological polar surface area (TPSA) is 96.0 Å². The van der Waals surface area contributed by atoms with Gasteiger partial charge in [0, 0.05) is 19.2 Å². The van der Waals surface area contributed by atoms with E-state index in [1.165, 1.54) is 24.1 Å². The standard InChI is InChI=1S/C30H37N3O5S/c1-5-19-31-30(35)28(6-2)32(21-24-17-15-23(3)16-18-24)29(34)22-33(25-11-10-12-26(20-25)38-4)39(36,37)27-13-8-7-9-14-27/h7-18,20,28H,5-6,19,21-22H2,1-4H3,(H,31,35)/t28-/m0/s1. The molecule has 0 radical (unpaired) electrons. The Labute approximate surface area is 231 Å². The summed E-state index contributed by atoms with van der Waals surface area (Å²) in [6, 6.07) is 21.5. The maximum absolute atomic E-state index is 14.0. The smallest absolute Gasteiger partial charge is 0.264 e. The molecule has 0 saturated carbocycles. The molecule has 1 atom stereocenters. The van der Waals surface area contributed by atoms with Crippen molar-refractivity contribution >= 4 is 27.5 Å². The van der Waals surface area contributed by atoms with E-state index in [2.05, 4.69) is 5.32 Å². The van der Waals surface area contributed by atoms with Crippen molar-refractivity contribution in [3.05, 3.63) is 90.0 Å². The number of methoxy groups -OCH3 is 1. The number of nitrogens with one attached hydrogen (secondary N) is 1. The zero-order chi connectivity index (χ0) is 28.4. The molecule has 0 spiro atoms. The van der Waals surface area contributed by atoms with Gasteiger partial charge in [0.25, 0.3) is 10.0 Å². The molecule has 3 aromatic rings. The van der Waals surface area contributed by atoms with Crippen molar-refractivity contribution in [2.45, 2.75) is 51.1 Å². The summed E-state index contributed by atoms with van der Waals surface area (Å²) in [6.07, 6.45) is 1.13. The molecule has 39 heavy (non-hydrogen) atoms. The number of rotatable bonds is 13. The quantitative estimate of drug-likeness (QED) is 0.337. The van der Waals surface area contributed by atoms with E-state index in [1.54, 1.807) is 42.5 Å². The molecular weight excluding hydrogens is 514 g/mol. The van der Waals surface area contributed by atoms with Crippen molar-refractivity contribution in [1.29, 1.82) is 0 Å². The second-order valence-electron chi connectivity index (χ2n) is 9.25. The first-order valence-electron chi connectivity index (χ1n) is 13.1. The molecule has 0 aromatic heterocycles. The predicted molar refractivity (Wildman–Crippen MR) is 153 cm³/mol. The van der Waals surface area contributed by atoms with Gasteiger partial charge in [0.2, 0.25) is 11.8 Å². The Hall–Kier alpha value is -3.85. The lowest BCUT2D eigenvalue weighted by Gasteiger charge is -2.33. The summed E-state index contributed by atoms with van der Waals surface area (Å²) in [5, 5.41) is 2.89. The van der Waals surface area contributed by atoms with Crippen LogP contribution in [0, 0.1) is 6.92 Å². The van der Waals surface area contributed by atoms with Gasteiger partial charge in [-0.3, -0.25) is 13.9 Å². The fourth-order valence-electron chi connectivity index (χ4n) is 4.19. The van der Waals surface area contributed by atoms with Crippen LogP contribution < -0.4 is 14.4 Å². The van der Waals surface area contributed by atoms with Crippen molar-refractivity contribution in [3.63, 3.8) is 0 Å². The summed E-state index contributed by atoms with van der Waals surface area (Å²) in [5.74, 6) is -0.301. The van der Waals surface area contributed by atoms with E-state index in [4.69, 9.17) is 4.74 Å². The first-order valence-corrected chi connectivity index (χ1v) is 14.5. The molecule has 3 aromatic carbocycles. The number of benzene rings is 3. The van der Waals surface area contributed by atoms with Gasteiger partial charge in [0.1, 0.15) is 18.3 Å². The van der Waals surface area contributed by atoms with Crippen LogP contribution in [0.15, 0.2) is 83.8 Å². The minimum Gasteiger partial charge on any atom is -0.497 e. The predicted octanol–water partition coefficient (Wildman–Crippen LogP) is 4.53. The largest absolute Gasteiger partial charge is 0.497 e. The second kappa shape index (κ2) is 13.8. The molecule has 0 fully saturated rings. The zero-order valence-electron chi connectivity index (χ0n) is 23.0. The Bertz CT molecular complexity index is 1340. The summed E-state index contributed by atoms with van der Waals surface area (Å²) in [5.41, 5.74) is 2.20. The van der Waals surface area contributed by atoms with Crippen LogP contribution in [0.2, 0.25) is 0 Å². The van der Waals surface area contributed by atoms with Crippen LogP contribution >= 0.6 is 0 Å². The van der Waals surface area contributed by atoms with E-state index in [9.17, 15) is 18.0 Å². The maximum Gasteiger partial charge on any atom is 0.264 e. The van der Waals surface area contributed by atoms with E-state index < -0.39 is 28.5 Å². The summed E-state index contributed by atoms with van der Waals surface area (Å²) in [7, 11) is -2.63. The Morgan fingerprint density at radius 2 is 1.64 bits per heavy atom. The maximum atomic E-state index is 14.0. The highest BCUT2D eigenvalue weighted by atomic mass is 32.2. The summed E-state index contributed by atoms with van der Waals surface area (Å²) in [6.45, 7) is 5.92. The average molecular weight is 552 g/mol. The van der Waals surface area contributed by atoms with Gasteiger partial charge in [-0.1, -0.05) is 67.9 Å². The summed E-state index contributed by atoms with van der Waals surface area (Å²) >= 11 is 0. The van der Waals surface area contributed by atoms with Crippen LogP contribution in [0.5, 0.6) is 5.75 Å². The molecule has 0 saturated heterocycles. The second-order valence-corrected chi connectivity index (χ2v) is 11.1. The third kappa shape index (κ3) is 7.60. The van der Waals surface area contributed by atoms with Crippen molar-refractivity contribution in [3.8, 4) is 5.75 Å². The number of hydrogen-bond acceptors (Lipinski definition) is 5. The van der Waals surface area contributed by atoms with Crippen molar-refractivity contribution < 1.29 is 22.7 Å². The molecule has 1 N–H and O–H groups in total. The minimum atomic E-state index is -4.12. The van der Waals surface area contributed by atoms with Gasteiger partial charge in [0.15, 0.2) is 0 Å². The molecule has 0 unspecified atom stereocenters. The van der Waals surface area contributed by atoms with E-state index >= 15 is 0 Å². The zero-order valence-corrected chi connectivity index (χ0v) is 23.8. The fourth-order valence-corrected chi connectivity index (χ4v) is 5.62. The van der Waals surface area contributed by atoms with E-state index in [1.807, 2.05) is 45.0 Å². The van der Waals surface area contributed by atoms with Crippen LogP contribution in [0.25, 0.3) is 0 Å². The van der Waals surface area contributed by atoms with Crippen LogP contribution in [0.3, 0.4) is 0 Å². The van der Waals surface area contributed by atoms with Crippen LogP contribution in [0.1, 0.15) is 37.8 Å². The van der Waals surface area contributed by atoms with Gasteiger partial charge < -0.3 is 15.0 Å². The number of carbonyl (C=O) groups excluding carboxylic acids is 2. The minimum absolute atomic E-state index is 0.0541. The summed E-state index contributed by atoms with van der Waals surface area (Å²) in [4.78, 5) is 28.7. The lowest BCUT2D eigenvalue weighted by atomic mass is 10.1. The molecular formula is C30H37N3O5S. The highest BCUT2D eigenvalue weighted by Gasteiger charge is 2.33. The highest BCUT2D eigenvalue weighted by Crippen LogP contribution is 2.27. The Morgan fingerprint density at radius 3 is 2.26 bits per heavy atom. The normalized spacial score (nSPS) is 11.9. The Balaban J connectivity index is 2.05. The number of amides is 2. The third-order valence-corrected chi connectivity index (χ3v) is 8.15. The van der Waals surface area contributed by atoms with Gasteiger partial charge in [-0.15, -0.1) is 0 Å². The molecule has 9 heteroatoms. The molecule has 208 valence electrons. The van der Waals surface area contributed by atoms with Crippen LogP contribution in [0.4, 0.5) is 5.69 Å². The van der Waals surface area contributed by atoms with Crippen molar-refractivity contribution in [2.75, 3.05) is 24.5 Å². The number of carbonyl (C=O) groups is 2. The van der Waals surface area contributed by atoms with E-state index in [0.29, 0.717) is 18.7 Å². The molecule has 8 nitrogen and oxygen atoms in total. The molecule has 0 bridgehead atoms. The van der Waals surface area contributed by atoms with Crippen LogP contribution in [-0.2, 0) is 26.2 Å². The first kappa shape index (κ1) is 29.7. The van der Waals surface area contributed by atoms with Crippen molar-refractivity contribution in [2.24, 2.45) is 0 Å². The number of sulfonamides is 1. The number of ether oxygens (including phenoxy) is 1. The Kier molecular flexibility index (Phi) is 10.5.